The molecule has 0 aliphatic carbocycles. The molecular weight excluding hydrogens is 354 g/mol. The summed E-state index contributed by atoms with van der Waals surface area (Å²) in [6.45, 7) is 13.9. The molecule has 1 unspecified atom stereocenters. The molecule has 0 heterocycles. The normalized spacial score (nSPS) is 13.5. The lowest BCUT2D eigenvalue weighted by atomic mass is 9.90. The molecule has 1 aromatic carbocycles. The molecule has 0 radical (unpaired) electrons. The third-order valence-electron chi connectivity index (χ3n) is 5.25. The van der Waals surface area contributed by atoms with E-state index in [9.17, 15) is 9.59 Å². The van der Waals surface area contributed by atoms with Gasteiger partial charge in [0.15, 0.2) is 0 Å². The van der Waals surface area contributed by atoms with Crippen LogP contribution in [0.4, 0.5) is 0 Å². The highest BCUT2D eigenvalue weighted by molar-refractivity contribution is 5.89. The van der Waals surface area contributed by atoms with Crippen molar-refractivity contribution in [1.29, 1.82) is 0 Å². The van der Waals surface area contributed by atoms with Crippen LogP contribution in [0.3, 0.4) is 0 Å². The van der Waals surface area contributed by atoms with Crippen LogP contribution < -0.4 is 0 Å². The predicted octanol–water partition coefficient (Wildman–Crippen LogP) is 5.25. The Balaban J connectivity index is 2.85. The second kappa shape index (κ2) is 10.1. The SMILES string of the molecule is CCC(C)(C)C(=O)ON(C)C(C)(C)CC(CC(C)C)OC(=O)c1ccccc1. The van der Waals surface area contributed by atoms with Crippen molar-refractivity contribution in [2.24, 2.45) is 11.3 Å². The number of nitrogens with zero attached hydrogens (tertiary/aromatic N) is 1. The average Bonchev–Trinajstić information content (AvgIpc) is 2.61. The summed E-state index contributed by atoms with van der Waals surface area (Å²) in [4.78, 5) is 30.6. The van der Waals surface area contributed by atoms with Gasteiger partial charge < -0.3 is 9.57 Å². The van der Waals surface area contributed by atoms with Crippen LogP contribution in [-0.2, 0) is 14.4 Å². The Labute approximate surface area is 170 Å². The van der Waals surface area contributed by atoms with Crippen molar-refractivity contribution in [2.75, 3.05) is 7.05 Å². The Bertz CT molecular complexity index is 637. The number of ether oxygens (including phenoxy) is 1. The van der Waals surface area contributed by atoms with Crippen LogP contribution in [0, 0.1) is 11.3 Å². The molecule has 0 bridgehead atoms. The summed E-state index contributed by atoms with van der Waals surface area (Å²) < 4.78 is 5.82. The molecule has 0 aromatic heterocycles. The molecule has 1 atom stereocenters. The minimum absolute atomic E-state index is 0.257. The molecule has 0 saturated heterocycles. The second-order valence-electron chi connectivity index (χ2n) is 9.15. The van der Waals surface area contributed by atoms with Crippen molar-refractivity contribution in [2.45, 2.75) is 79.4 Å². The summed E-state index contributed by atoms with van der Waals surface area (Å²) in [7, 11) is 1.76. The molecule has 0 aliphatic heterocycles. The van der Waals surface area contributed by atoms with E-state index in [-0.39, 0.29) is 18.0 Å². The fraction of sp³-hybridized carbons (Fsp3) is 0.652. The molecule has 0 saturated carbocycles. The minimum Gasteiger partial charge on any atom is -0.459 e. The molecule has 5 nitrogen and oxygen atoms in total. The third kappa shape index (κ3) is 7.27. The average molecular weight is 392 g/mol. The Morgan fingerprint density at radius 3 is 2.14 bits per heavy atom. The number of hydrogen-bond donors (Lipinski definition) is 0. The standard InChI is InChI=1S/C23H37NO4/c1-9-22(4,5)21(26)28-24(8)23(6,7)16-19(15-17(2)3)27-20(25)18-13-11-10-12-14-18/h10-14,17,19H,9,15-16H2,1-8H3. The van der Waals surface area contributed by atoms with E-state index in [1.54, 1.807) is 24.2 Å². The lowest BCUT2D eigenvalue weighted by Crippen LogP contribution is -2.47. The lowest BCUT2D eigenvalue weighted by Gasteiger charge is -2.38. The topological polar surface area (TPSA) is 55.8 Å². The number of benzene rings is 1. The van der Waals surface area contributed by atoms with Gasteiger partial charge in [0.25, 0.3) is 0 Å². The van der Waals surface area contributed by atoms with Gasteiger partial charge in [-0.25, -0.2) is 9.59 Å². The number of carbonyl (C=O) groups is 2. The Kier molecular flexibility index (Phi) is 8.68. The molecular formula is C23H37NO4. The fourth-order valence-corrected chi connectivity index (χ4v) is 2.69. The van der Waals surface area contributed by atoms with Crippen LogP contribution in [-0.4, -0.2) is 35.7 Å². The first-order valence-electron chi connectivity index (χ1n) is 10.1. The third-order valence-corrected chi connectivity index (χ3v) is 5.25. The first-order valence-corrected chi connectivity index (χ1v) is 10.1. The Morgan fingerprint density at radius 1 is 1.07 bits per heavy atom. The highest BCUT2D eigenvalue weighted by Crippen LogP contribution is 2.28. The second-order valence-corrected chi connectivity index (χ2v) is 9.15. The molecule has 5 heteroatoms. The van der Waals surface area contributed by atoms with Crippen LogP contribution in [0.5, 0.6) is 0 Å². The van der Waals surface area contributed by atoms with E-state index in [1.165, 1.54) is 0 Å². The van der Waals surface area contributed by atoms with Gasteiger partial charge in [-0.2, -0.15) is 0 Å². The van der Waals surface area contributed by atoms with E-state index < -0.39 is 11.0 Å². The zero-order valence-electron chi connectivity index (χ0n) is 18.7. The van der Waals surface area contributed by atoms with Crippen molar-refractivity contribution < 1.29 is 19.2 Å². The van der Waals surface area contributed by atoms with Crippen molar-refractivity contribution in [1.82, 2.24) is 5.06 Å². The van der Waals surface area contributed by atoms with E-state index in [0.717, 1.165) is 6.42 Å². The zero-order valence-corrected chi connectivity index (χ0v) is 18.7. The summed E-state index contributed by atoms with van der Waals surface area (Å²) in [6.07, 6.45) is 1.72. The van der Waals surface area contributed by atoms with Gasteiger partial charge in [-0.15, -0.1) is 5.06 Å². The van der Waals surface area contributed by atoms with Gasteiger partial charge in [0.05, 0.1) is 16.5 Å². The molecule has 0 N–H and O–H groups in total. The van der Waals surface area contributed by atoms with Crippen LogP contribution in [0.25, 0.3) is 0 Å². The van der Waals surface area contributed by atoms with Crippen molar-refractivity contribution in [3.8, 4) is 0 Å². The maximum absolute atomic E-state index is 12.5. The molecule has 0 spiro atoms. The van der Waals surface area contributed by atoms with Gasteiger partial charge in [0.1, 0.15) is 6.10 Å². The van der Waals surface area contributed by atoms with Crippen LogP contribution in [0.15, 0.2) is 30.3 Å². The smallest absolute Gasteiger partial charge is 0.338 e. The molecule has 0 amide bonds. The van der Waals surface area contributed by atoms with Crippen molar-refractivity contribution >= 4 is 11.9 Å². The first-order chi connectivity index (χ1) is 12.9. The predicted molar refractivity (Wildman–Crippen MR) is 112 cm³/mol. The number of rotatable bonds is 10. The molecule has 1 rings (SSSR count). The van der Waals surface area contributed by atoms with Crippen LogP contribution >= 0.6 is 0 Å². The van der Waals surface area contributed by atoms with Crippen LogP contribution in [0.2, 0.25) is 0 Å². The molecule has 0 aliphatic rings. The Hall–Kier alpha value is -1.88. The van der Waals surface area contributed by atoms with Crippen molar-refractivity contribution in [3.05, 3.63) is 35.9 Å². The maximum Gasteiger partial charge on any atom is 0.338 e. The first kappa shape index (κ1) is 24.2. The highest BCUT2D eigenvalue weighted by Gasteiger charge is 2.35. The summed E-state index contributed by atoms with van der Waals surface area (Å²) >= 11 is 0. The van der Waals surface area contributed by atoms with E-state index in [0.29, 0.717) is 24.3 Å². The van der Waals surface area contributed by atoms with Gasteiger partial charge in [-0.1, -0.05) is 39.0 Å². The van der Waals surface area contributed by atoms with Crippen LogP contribution in [0.1, 0.15) is 78.1 Å². The minimum atomic E-state index is -0.540. The van der Waals surface area contributed by atoms with Gasteiger partial charge in [0.2, 0.25) is 0 Å². The molecule has 1 aromatic rings. The number of esters is 1. The van der Waals surface area contributed by atoms with Gasteiger partial charge in [-0.05, 0) is 58.6 Å². The maximum atomic E-state index is 12.5. The monoisotopic (exact) mass is 391 g/mol. The lowest BCUT2D eigenvalue weighted by molar-refractivity contribution is -0.220. The zero-order chi connectivity index (χ0) is 21.5. The van der Waals surface area contributed by atoms with E-state index in [1.807, 2.05) is 52.8 Å². The number of hydroxylamine groups is 2. The quantitative estimate of drug-likeness (QED) is 0.402. The molecule has 0 fully saturated rings. The van der Waals surface area contributed by atoms with E-state index >= 15 is 0 Å². The fourth-order valence-electron chi connectivity index (χ4n) is 2.69. The van der Waals surface area contributed by atoms with Gasteiger partial charge in [0, 0.05) is 13.5 Å². The molecule has 158 valence electrons. The number of carbonyl (C=O) groups excluding carboxylic acids is 2. The summed E-state index contributed by atoms with van der Waals surface area (Å²) in [5.74, 6) is -0.211. The molecule has 28 heavy (non-hydrogen) atoms. The van der Waals surface area contributed by atoms with Gasteiger partial charge in [-0.3, -0.25) is 0 Å². The van der Waals surface area contributed by atoms with Gasteiger partial charge >= 0.3 is 11.9 Å². The largest absolute Gasteiger partial charge is 0.459 e. The van der Waals surface area contributed by atoms with Crippen molar-refractivity contribution in [3.63, 3.8) is 0 Å². The van der Waals surface area contributed by atoms with E-state index in [2.05, 4.69) is 13.8 Å². The number of hydrogen-bond acceptors (Lipinski definition) is 5. The highest BCUT2D eigenvalue weighted by atomic mass is 16.7. The summed E-state index contributed by atoms with van der Waals surface area (Å²) in [6, 6.07) is 9.01. The summed E-state index contributed by atoms with van der Waals surface area (Å²) in [5, 5.41) is 1.59. The van der Waals surface area contributed by atoms with E-state index in [4.69, 9.17) is 9.57 Å². The summed E-state index contributed by atoms with van der Waals surface area (Å²) in [5.41, 5.74) is -0.490. The Morgan fingerprint density at radius 2 is 1.64 bits per heavy atom.